The number of rotatable bonds is 8. The molecule has 2 aromatic rings. The fourth-order valence-electron chi connectivity index (χ4n) is 2.82. The molecule has 0 saturated carbocycles. The van der Waals surface area contributed by atoms with E-state index >= 15 is 0 Å². The molecule has 0 bridgehead atoms. The van der Waals surface area contributed by atoms with Crippen molar-refractivity contribution >= 4 is 34.6 Å². The largest absolute Gasteiger partial charge is 0.497 e. The Labute approximate surface area is 167 Å². The Kier molecular flexibility index (Phi) is 6.85. The predicted molar refractivity (Wildman–Crippen MR) is 108 cm³/mol. The number of halogens is 1. The zero-order valence-electron chi connectivity index (χ0n) is 15.5. The summed E-state index contributed by atoms with van der Waals surface area (Å²) in [5.41, 5.74) is 0.519. The van der Waals surface area contributed by atoms with Gasteiger partial charge in [0.2, 0.25) is 5.82 Å². The topological polar surface area (TPSA) is 102 Å². The molecule has 9 nitrogen and oxygen atoms in total. The highest BCUT2D eigenvalue weighted by molar-refractivity contribution is 6.33. The molecule has 28 heavy (non-hydrogen) atoms. The maximum Gasteiger partial charge on any atom is 0.311 e. The Bertz CT molecular complexity index is 830. The lowest BCUT2D eigenvalue weighted by atomic mass is 10.3. The summed E-state index contributed by atoms with van der Waals surface area (Å²) in [6.07, 6.45) is 0. The maximum atomic E-state index is 11.3. The van der Waals surface area contributed by atoms with Crippen LogP contribution < -0.4 is 15.4 Å². The fourth-order valence-corrected chi connectivity index (χ4v) is 2.99. The van der Waals surface area contributed by atoms with Crippen molar-refractivity contribution in [3.63, 3.8) is 0 Å². The third kappa shape index (κ3) is 5.22. The van der Waals surface area contributed by atoms with Crippen molar-refractivity contribution in [2.24, 2.45) is 0 Å². The number of methoxy groups -OCH3 is 1. The van der Waals surface area contributed by atoms with E-state index in [4.69, 9.17) is 21.1 Å². The number of hydrogen-bond acceptors (Lipinski definition) is 8. The van der Waals surface area contributed by atoms with Crippen molar-refractivity contribution in [3.05, 3.63) is 45.5 Å². The van der Waals surface area contributed by atoms with E-state index in [0.29, 0.717) is 42.0 Å². The van der Waals surface area contributed by atoms with Gasteiger partial charge in [-0.15, -0.1) is 0 Å². The van der Waals surface area contributed by atoms with E-state index in [0.717, 1.165) is 19.6 Å². The normalized spacial score (nSPS) is 14.5. The molecule has 0 radical (unpaired) electrons. The molecule has 1 fully saturated rings. The van der Waals surface area contributed by atoms with E-state index in [9.17, 15) is 10.1 Å². The lowest BCUT2D eigenvalue weighted by molar-refractivity contribution is -0.384. The first-order valence-electron chi connectivity index (χ1n) is 8.87. The van der Waals surface area contributed by atoms with Gasteiger partial charge in [0, 0.05) is 38.3 Å². The number of aromatic nitrogens is 1. The van der Waals surface area contributed by atoms with Crippen molar-refractivity contribution < 1.29 is 14.4 Å². The van der Waals surface area contributed by atoms with Gasteiger partial charge in [-0.25, -0.2) is 4.98 Å². The van der Waals surface area contributed by atoms with Gasteiger partial charge in [-0.1, -0.05) is 11.6 Å². The summed E-state index contributed by atoms with van der Waals surface area (Å²) in [6.45, 7) is 4.41. The highest BCUT2D eigenvalue weighted by atomic mass is 35.5. The van der Waals surface area contributed by atoms with Gasteiger partial charge in [0.1, 0.15) is 11.6 Å². The smallest absolute Gasteiger partial charge is 0.311 e. The van der Waals surface area contributed by atoms with Crippen molar-refractivity contribution in [1.29, 1.82) is 0 Å². The third-order valence-electron chi connectivity index (χ3n) is 4.33. The molecular weight excluding hydrogens is 386 g/mol. The standard InChI is InChI=1S/C18H22ClN5O4/c1-27-13-2-3-14(19)15(12-13)21-17-5-4-16(24(25)26)18(22-17)20-6-7-23-8-10-28-11-9-23/h2-5,12H,6-11H2,1H3,(H2,20,21,22). The van der Waals surface area contributed by atoms with Gasteiger partial charge in [0.05, 0.1) is 36.0 Å². The van der Waals surface area contributed by atoms with Crippen molar-refractivity contribution in [2.75, 3.05) is 57.1 Å². The molecule has 1 aliphatic rings. The maximum absolute atomic E-state index is 11.3. The Morgan fingerprint density at radius 2 is 2.11 bits per heavy atom. The lowest BCUT2D eigenvalue weighted by Gasteiger charge is -2.26. The summed E-state index contributed by atoms with van der Waals surface area (Å²) in [5, 5.41) is 18.0. The average molecular weight is 408 g/mol. The van der Waals surface area contributed by atoms with Gasteiger partial charge in [0.15, 0.2) is 0 Å². The molecule has 1 aromatic carbocycles. The van der Waals surface area contributed by atoms with E-state index in [1.165, 1.54) is 6.07 Å². The summed E-state index contributed by atoms with van der Waals surface area (Å²) >= 11 is 6.21. The molecule has 150 valence electrons. The number of anilines is 3. The molecule has 0 unspecified atom stereocenters. The number of benzene rings is 1. The molecule has 2 heterocycles. The van der Waals surface area contributed by atoms with Gasteiger partial charge < -0.3 is 20.1 Å². The van der Waals surface area contributed by atoms with Crippen molar-refractivity contribution in [1.82, 2.24) is 9.88 Å². The number of hydrogen-bond donors (Lipinski definition) is 2. The molecule has 1 aliphatic heterocycles. The van der Waals surface area contributed by atoms with Crippen LogP contribution >= 0.6 is 11.6 Å². The van der Waals surface area contributed by atoms with Crippen LogP contribution in [0, 0.1) is 10.1 Å². The first kappa shape index (κ1) is 20.1. The van der Waals surface area contributed by atoms with Gasteiger partial charge >= 0.3 is 5.69 Å². The van der Waals surface area contributed by atoms with Crippen LogP contribution in [0.25, 0.3) is 0 Å². The number of morpholine rings is 1. The minimum absolute atomic E-state index is 0.0794. The predicted octanol–water partition coefficient (Wildman–Crippen LogP) is 3.14. The quantitative estimate of drug-likeness (QED) is 0.508. The van der Waals surface area contributed by atoms with E-state index < -0.39 is 4.92 Å². The summed E-state index contributed by atoms with van der Waals surface area (Å²) in [7, 11) is 1.56. The van der Waals surface area contributed by atoms with Crippen LogP contribution in [0.4, 0.5) is 23.0 Å². The lowest BCUT2D eigenvalue weighted by Crippen LogP contribution is -2.39. The molecule has 2 N–H and O–H groups in total. The number of nitrogens with one attached hydrogen (secondary N) is 2. The molecule has 1 saturated heterocycles. The van der Waals surface area contributed by atoms with Crippen molar-refractivity contribution in [3.8, 4) is 5.75 Å². The average Bonchev–Trinajstić information content (AvgIpc) is 2.70. The van der Waals surface area contributed by atoms with Crippen LogP contribution in [-0.4, -0.2) is 61.3 Å². The first-order valence-corrected chi connectivity index (χ1v) is 9.24. The van der Waals surface area contributed by atoms with Gasteiger partial charge in [0.25, 0.3) is 0 Å². The highest BCUT2D eigenvalue weighted by Crippen LogP contribution is 2.31. The van der Waals surface area contributed by atoms with E-state index in [-0.39, 0.29) is 11.5 Å². The third-order valence-corrected chi connectivity index (χ3v) is 4.66. The van der Waals surface area contributed by atoms with Crippen LogP contribution in [0.1, 0.15) is 0 Å². The highest BCUT2D eigenvalue weighted by Gasteiger charge is 2.17. The molecule has 0 atom stereocenters. The Morgan fingerprint density at radius 1 is 1.32 bits per heavy atom. The Hall–Kier alpha value is -2.62. The van der Waals surface area contributed by atoms with E-state index in [1.54, 1.807) is 31.4 Å². The second kappa shape index (κ2) is 9.54. The van der Waals surface area contributed by atoms with E-state index in [1.807, 2.05) is 0 Å². The minimum Gasteiger partial charge on any atom is -0.497 e. The second-order valence-corrected chi connectivity index (χ2v) is 6.58. The summed E-state index contributed by atoms with van der Waals surface area (Å²) in [5.74, 6) is 1.29. The number of pyridine rings is 1. The number of nitro groups is 1. The molecule has 0 spiro atoms. The van der Waals surface area contributed by atoms with Crippen LogP contribution in [0.3, 0.4) is 0 Å². The zero-order valence-corrected chi connectivity index (χ0v) is 16.2. The SMILES string of the molecule is COc1ccc(Cl)c(Nc2ccc([N+](=O)[O-])c(NCCN3CCOCC3)n2)c1. The van der Waals surface area contributed by atoms with Crippen molar-refractivity contribution in [2.45, 2.75) is 0 Å². The van der Waals surface area contributed by atoms with Gasteiger partial charge in [-0.3, -0.25) is 15.0 Å². The molecule has 0 amide bonds. The first-order chi connectivity index (χ1) is 13.6. The Balaban J connectivity index is 1.72. The van der Waals surface area contributed by atoms with Gasteiger partial charge in [-0.2, -0.15) is 0 Å². The second-order valence-electron chi connectivity index (χ2n) is 6.17. The Morgan fingerprint density at radius 3 is 2.82 bits per heavy atom. The van der Waals surface area contributed by atoms with Crippen LogP contribution in [0.5, 0.6) is 5.75 Å². The number of nitrogens with zero attached hydrogens (tertiary/aromatic N) is 3. The van der Waals surface area contributed by atoms with Crippen LogP contribution in [0.15, 0.2) is 30.3 Å². The van der Waals surface area contributed by atoms with Gasteiger partial charge in [-0.05, 0) is 18.2 Å². The molecule has 10 heteroatoms. The minimum atomic E-state index is -0.452. The summed E-state index contributed by atoms with van der Waals surface area (Å²) in [4.78, 5) is 17.5. The molecular formula is C18H22ClN5O4. The zero-order chi connectivity index (χ0) is 19.9. The molecule has 1 aromatic heterocycles. The summed E-state index contributed by atoms with van der Waals surface area (Å²) in [6, 6.07) is 8.14. The molecule has 3 rings (SSSR count). The fraction of sp³-hybridized carbons (Fsp3) is 0.389. The van der Waals surface area contributed by atoms with E-state index in [2.05, 4.69) is 20.5 Å². The van der Waals surface area contributed by atoms with Crippen LogP contribution in [0.2, 0.25) is 5.02 Å². The monoisotopic (exact) mass is 407 g/mol. The molecule has 0 aliphatic carbocycles. The van der Waals surface area contributed by atoms with Crippen LogP contribution in [-0.2, 0) is 4.74 Å². The summed E-state index contributed by atoms with van der Waals surface area (Å²) < 4.78 is 10.5. The number of ether oxygens (including phenoxy) is 2.